The molecule has 1 saturated heterocycles. The van der Waals surface area contributed by atoms with Crippen molar-refractivity contribution in [1.82, 2.24) is 0 Å². The molecule has 0 spiro atoms. The standard InChI is InChI=1S/C21H21NO2/c1-2-14-10-12-22(13-11-14)18-9-5-8-17-19(18)21(24)16-7-4-3-6-15(16)20(17)23/h3-9,14H,2,10-13H2,1H3. The van der Waals surface area contributed by atoms with Gasteiger partial charge in [-0.3, -0.25) is 9.59 Å². The van der Waals surface area contributed by atoms with Gasteiger partial charge >= 0.3 is 0 Å². The van der Waals surface area contributed by atoms with E-state index in [2.05, 4.69) is 11.8 Å². The summed E-state index contributed by atoms with van der Waals surface area (Å²) >= 11 is 0. The summed E-state index contributed by atoms with van der Waals surface area (Å²) in [5, 5.41) is 0. The van der Waals surface area contributed by atoms with Crippen LogP contribution < -0.4 is 4.90 Å². The average molecular weight is 319 g/mol. The molecular formula is C21H21NO2. The molecule has 1 aliphatic carbocycles. The number of hydrogen-bond donors (Lipinski definition) is 0. The zero-order chi connectivity index (χ0) is 16.7. The van der Waals surface area contributed by atoms with Crippen molar-refractivity contribution in [1.29, 1.82) is 0 Å². The summed E-state index contributed by atoms with van der Waals surface area (Å²) < 4.78 is 0. The third-order valence-electron chi connectivity index (χ3n) is 5.46. The van der Waals surface area contributed by atoms with Crippen LogP contribution in [0.4, 0.5) is 5.69 Å². The van der Waals surface area contributed by atoms with Gasteiger partial charge in [0.15, 0.2) is 11.6 Å². The Morgan fingerprint density at radius 1 is 0.875 bits per heavy atom. The zero-order valence-corrected chi connectivity index (χ0v) is 13.9. The predicted molar refractivity (Wildman–Crippen MR) is 95.0 cm³/mol. The lowest BCUT2D eigenvalue weighted by molar-refractivity contribution is 0.0979. The van der Waals surface area contributed by atoms with Crippen LogP contribution in [0.3, 0.4) is 0 Å². The molecule has 0 aromatic heterocycles. The highest BCUT2D eigenvalue weighted by Gasteiger charge is 2.33. The molecule has 0 saturated carbocycles. The molecule has 0 unspecified atom stereocenters. The molecule has 0 atom stereocenters. The predicted octanol–water partition coefficient (Wildman–Crippen LogP) is 4.09. The van der Waals surface area contributed by atoms with Crippen molar-refractivity contribution in [2.75, 3.05) is 18.0 Å². The van der Waals surface area contributed by atoms with Crippen LogP contribution in [0.1, 0.15) is 58.0 Å². The number of carbonyl (C=O) groups is 2. The summed E-state index contributed by atoms with van der Waals surface area (Å²) in [6, 6.07) is 12.8. The minimum atomic E-state index is -0.0366. The number of fused-ring (bicyclic) bond motifs is 2. The number of ketones is 2. The Labute approximate surface area is 142 Å². The summed E-state index contributed by atoms with van der Waals surface area (Å²) in [5.41, 5.74) is 3.13. The molecule has 1 aliphatic heterocycles. The first-order valence-corrected chi connectivity index (χ1v) is 8.77. The molecule has 2 aliphatic rings. The van der Waals surface area contributed by atoms with Crippen molar-refractivity contribution in [3.05, 3.63) is 64.7 Å². The van der Waals surface area contributed by atoms with Gasteiger partial charge in [0.2, 0.25) is 0 Å². The number of piperidine rings is 1. The normalized spacial score (nSPS) is 17.6. The van der Waals surface area contributed by atoms with Crippen molar-refractivity contribution >= 4 is 17.3 Å². The van der Waals surface area contributed by atoms with Crippen LogP contribution in [-0.2, 0) is 0 Å². The molecule has 3 heteroatoms. The first-order chi connectivity index (χ1) is 11.7. The first-order valence-electron chi connectivity index (χ1n) is 8.77. The third-order valence-corrected chi connectivity index (χ3v) is 5.46. The summed E-state index contributed by atoms with van der Waals surface area (Å²) in [6.45, 7) is 4.15. The molecule has 4 rings (SSSR count). The van der Waals surface area contributed by atoms with Crippen molar-refractivity contribution in [2.45, 2.75) is 26.2 Å². The van der Waals surface area contributed by atoms with Crippen LogP contribution in [0.2, 0.25) is 0 Å². The Kier molecular flexibility index (Phi) is 3.72. The number of rotatable bonds is 2. The molecule has 2 aromatic carbocycles. The maximum atomic E-state index is 13.1. The molecule has 0 bridgehead atoms. The highest BCUT2D eigenvalue weighted by atomic mass is 16.1. The smallest absolute Gasteiger partial charge is 0.196 e. The molecule has 0 N–H and O–H groups in total. The van der Waals surface area contributed by atoms with Crippen LogP contribution in [0, 0.1) is 5.92 Å². The molecule has 0 amide bonds. The van der Waals surface area contributed by atoms with Crippen LogP contribution in [-0.4, -0.2) is 24.7 Å². The Bertz CT molecular complexity index is 816. The lowest BCUT2D eigenvalue weighted by atomic mass is 9.82. The Morgan fingerprint density at radius 2 is 1.50 bits per heavy atom. The van der Waals surface area contributed by atoms with Gasteiger partial charge in [0.1, 0.15) is 0 Å². The zero-order valence-electron chi connectivity index (χ0n) is 13.9. The van der Waals surface area contributed by atoms with Gasteiger partial charge in [-0.1, -0.05) is 49.7 Å². The van der Waals surface area contributed by atoms with E-state index in [0.717, 1.165) is 37.5 Å². The average Bonchev–Trinajstić information content (AvgIpc) is 2.65. The number of hydrogen-bond acceptors (Lipinski definition) is 3. The summed E-state index contributed by atoms with van der Waals surface area (Å²) in [6.07, 6.45) is 3.52. The Morgan fingerprint density at radius 3 is 2.17 bits per heavy atom. The third kappa shape index (κ3) is 2.27. The fraction of sp³-hybridized carbons (Fsp3) is 0.333. The van der Waals surface area contributed by atoms with Crippen molar-refractivity contribution < 1.29 is 9.59 Å². The van der Waals surface area contributed by atoms with Gasteiger partial charge in [0.25, 0.3) is 0 Å². The van der Waals surface area contributed by atoms with Gasteiger partial charge in [0, 0.05) is 35.5 Å². The molecule has 1 fully saturated rings. The van der Waals surface area contributed by atoms with Crippen molar-refractivity contribution in [2.24, 2.45) is 5.92 Å². The number of carbonyl (C=O) groups excluding carboxylic acids is 2. The molecule has 3 nitrogen and oxygen atoms in total. The van der Waals surface area contributed by atoms with E-state index < -0.39 is 0 Å². The molecule has 122 valence electrons. The lowest BCUT2D eigenvalue weighted by Crippen LogP contribution is -2.35. The van der Waals surface area contributed by atoms with E-state index in [1.54, 1.807) is 18.2 Å². The minimum absolute atomic E-state index is 0.0200. The highest BCUT2D eigenvalue weighted by molar-refractivity contribution is 6.30. The topological polar surface area (TPSA) is 37.4 Å². The molecular weight excluding hydrogens is 298 g/mol. The summed E-state index contributed by atoms with van der Waals surface area (Å²) in [7, 11) is 0. The number of nitrogens with zero attached hydrogens (tertiary/aromatic N) is 1. The van der Waals surface area contributed by atoms with Crippen LogP contribution in [0.25, 0.3) is 0 Å². The monoisotopic (exact) mass is 319 g/mol. The van der Waals surface area contributed by atoms with Crippen LogP contribution >= 0.6 is 0 Å². The van der Waals surface area contributed by atoms with E-state index in [4.69, 9.17) is 0 Å². The minimum Gasteiger partial charge on any atom is -0.371 e. The number of benzene rings is 2. The fourth-order valence-corrected chi connectivity index (χ4v) is 3.97. The van der Waals surface area contributed by atoms with Crippen LogP contribution in [0.15, 0.2) is 42.5 Å². The summed E-state index contributed by atoms with van der Waals surface area (Å²) in [5.74, 6) is 0.720. The Balaban J connectivity index is 1.78. The van der Waals surface area contributed by atoms with Gasteiger partial charge in [-0.05, 0) is 24.8 Å². The second-order valence-corrected chi connectivity index (χ2v) is 6.74. The SMILES string of the molecule is CCC1CCN(c2cccc3c2C(=O)c2ccccc2C3=O)CC1. The van der Waals surface area contributed by atoms with E-state index in [1.807, 2.05) is 24.3 Å². The molecule has 0 radical (unpaired) electrons. The van der Waals surface area contributed by atoms with Crippen molar-refractivity contribution in [3.8, 4) is 0 Å². The van der Waals surface area contributed by atoms with E-state index >= 15 is 0 Å². The van der Waals surface area contributed by atoms with Gasteiger partial charge < -0.3 is 4.90 Å². The second kappa shape index (κ2) is 5.90. The highest BCUT2D eigenvalue weighted by Crippen LogP contribution is 2.35. The van der Waals surface area contributed by atoms with E-state index in [9.17, 15) is 9.59 Å². The molecule has 24 heavy (non-hydrogen) atoms. The molecule has 1 heterocycles. The van der Waals surface area contributed by atoms with Gasteiger partial charge in [-0.15, -0.1) is 0 Å². The summed E-state index contributed by atoms with van der Waals surface area (Å²) in [4.78, 5) is 28.2. The Hall–Kier alpha value is -2.42. The quantitative estimate of drug-likeness (QED) is 0.714. The van der Waals surface area contributed by atoms with Crippen LogP contribution in [0.5, 0.6) is 0 Å². The van der Waals surface area contributed by atoms with Gasteiger partial charge in [0.05, 0.1) is 5.56 Å². The van der Waals surface area contributed by atoms with Crippen molar-refractivity contribution in [3.63, 3.8) is 0 Å². The van der Waals surface area contributed by atoms with Gasteiger partial charge in [-0.2, -0.15) is 0 Å². The van der Waals surface area contributed by atoms with E-state index in [0.29, 0.717) is 22.3 Å². The maximum absolute atomic E-state index is 13.1. The second-order valence-electron chi connectivity index (χ2n) is 6.74. The largest absolute Gasteiger partial charge is 0.371 e. The fourth-order valence-electron chi connectivity index (χ4n) is 3.97. The van der Waals surface area contributed by atoms with E-state index in [-0.39, 0.29) is 11.6 Å². The molecule has 2 aromatic rings. The lowest BCUT2D eigenvalue weighted by Gasteiger charge is -2.35. The number of anilines is 1. The first kappa shape index (κ1) is 15.1. The maximum Gasteiger partial charge on any atom is 0.196 e. The van der Waals surface area contributed by atoms with E-state index in [1.165, 1.54) is 6.42 Å². The van der Waals surface area contributed by atoms with Gasteiger partial charge in [-0.25, -0.2) is 0 Å².